The summed E-state index contributed by atoms with van der Waals surface area (Å²) in [6.07, 6.45) is 0.794. The summed E-state index contributed by atoms with van der Waals surface area (Å²) in [6, 6.07) is 14.9. The van der Waals surface area contributed by atoms with Crippen molar-refractivity contribution in [1.29, 1.82) is 0 Å². The molecule has 28 heavy (non-hydrogen) atoms. The molecular formula is C20H20Cl2N4OS. The summed E-state index contributed by atoms with van der Waals surface area (Å²) in [5.41, 5.74) is 1.96. The van der Waals surface area contributed by atoms with E-state index in [0.29, 0.717) is 15.2 Å². The minimum absolute atomic E-state index is 0.0468. The lowest BCUT2D eigenvalue weighted by molar-refractivity contribution is -0.119. The van der Waals surface area contributed by atoms with Crippen molar-refractivity contribution >= 4 is 40.9 Å². The van der Waals surface area contributed by atoms with Gasteiger partial charge in [-0.05, 0) is 48.4 Å². The maximum Gasteiger partial charge on any atom is 0.230 e. The molecule has 1 unspecified atom stereocenters. The predicted molar refractivity (Wildman–Crippen MR) is 115 cm³/mol. The Morgan fingerprint density at radius 2 is 1.68 bits per heavy atom. The third-order valence-electron chi connectivity index (χ3n) is 4.29. The summed E-state index contributed by atoms with van der Waals surface area (Å²) in [4.78, 5) is 12.4. The first-order valence-electron chi connectivity index (χ1n) is 8.81. The first kappa shape index (κ1) is 20.7. The number of hydrogen-bond donors (Lipinski definition) is 1. The fourth-order valence-corrected chi connectivity index (χ4v) is 3.75. The topological polar surface area (TPSA) is 59.8 Å². The highest BCUT2D eigenvalue weighted by molar-refractivity contribution is 7.99. The number of carbonyl (C=O) groups is 1. The number of hydrogen-bond acceptors (Lipinski definition) is 4. The zero-order valence-electron chi connectivity index (χ0n) is 15.5. The molecule has 5 nitrogen and oxygen atoms in total. The number of carbonyl (C=O) groups excluding carboxylic acids is 1. The minimum atomic E-state index is -0.0529. The van der Waals surface area contributed by atoms with E-state index in [0.717, 1.165) is 23.4 Å². The smallest absolute Gasteiger partial charge is 0.230 e. The number of amides is 1. The quantitative estimate of drug-likeness (QED) is 0.522. The maximum atomic E-state index is 12.4. The molecule has 0 spiro atoms. The molecule has 2 aromatic carbocycles. The van der Waals surface area contributed by atoms with Gasteiger partial charge in [-0.3, -0.25) is 4.79 Å². The monoisotopic (exact) mass is 434 g/mol. The molecule has 0 bridgehead atoms. The fourth-order valence-electron chi connectivity index (χ4n) is 2.77. The molecule has 1 aromatic heterocycles. The van der Waals surface area contributed by atoms with E-state index in [9.17, 15) is 4.79 Å². The molecule has 146 valence electrons. The lowest BCUT2D eigenvalue weighted by Crippen LogP contribution is -2.29. The van der Waals surface area contributed by atoms with Gasteiger partial charge < -0.3 is 9.88 Å². The maximum absolute atomic E-state index is 12.4. The number of nitrogens with one attached hydrogen (secondary N) is 1. The number of nitrogens with zero attached hydrogens (tertiary/aromatic N) is 3. The van der Waals surface area contributed by atoms with Crippen LogP contribution in [0.3, 0.4) is 0 Å². The van der Waals surface area contributed by atoms with Crippen LogP contribution in [0.2, 0.25) is 10.0 Å². The van der Waals surface area contributed by atoms with E-state index in [1.54, 1.807) is 0 Å². The highest BCUT2D eigenvalue weighted by atomic mass is 35.5. The number of thioether (sulfide) groups is 1. The van der Waals surface area contributed by atoms with Crippen LogP contribution in [0.15, 0.2) is 53.7 Å². The van der Waals surface area contributed by atoms with E-state index in [-0.39, 0.29) is 17.7 Å². The van der Waals surface area contributed by atoms with Crippen LogP contribution in [0.5, 0.6) is 0 Å². The Morgan fingerprint density at radius 1 is 1.07 bits per heavy atom. The Labute approximate surface area is 178 Å². The van der Waals surface area contributed by atoms with E-state index < -0.39 is 0 Å². The molecule has 0 radical (unpaired) electrons. The van der Waals surface area contributed by atoms with E-state index in [2.05, 4.69) is 15.5 Å². The van der Waals surface area contributed by atoms with Crippen molar-refractivity contribution in [1.82, 2.24) is 20.1 Å². The minimum Gasteiger partial charge on any atom is -0.349 e. The molecule has 1 heterocycles. The van der Waals surface area contributed by atoms with E-state index in [4.69, 9.17) is 23.2 Å². The summed E-state index contributed by atoms with van der Waals surface area (Å²) < 4.78 is 1.87. The van der Waals surface area contributed by atoms with Crippen molar-refractivity contribution in [3.63, 3.8) is 0 Å². The zero-order chi connectivity index (χ0) is 20.1. The molecular weight excluding hydrogens is 415 g/mol. The molecule has 0 aliphatic heterocycles. The molecule has 0 fully saturated rings. The van der Waals surface area contributed by atoms with Crippen molar-refractivity contribution in [2.24, 2.45) is 7.05 Å². The molecule has 1 atom stereocenters. The zero-order valence-corrected chi connectivity index (χ0v) is 17.9. The van der Waals surface area contributed by atoms with Crippen LogP contribution >= 0.6 is 35.0 Å². The van der Waals surface area contributed by atoms with Gasteiger partial charge in [-0.25, -0.2) is 0 Å². The van der Waals surface area contributed by atoms with Gasteiger partial charge in [0.25, 0.3) is 0 Å². The average Bonchev–Trinajstić information content (AvgIpc) is 3.06. The number of halogens is 2. The molecule has 0 saturated heterocycles. The summed E-state index contributed by atoms with van der Waals surface area (Å²) in [5, 5.41) is 13.5. The molecule has 0 aliphatic carbocycles. The van der Waals surface area contributed by atoms with Crippen LogP contribution in [-0.2, 0) is 11.8 Å². The Kier molecular flexibility index (Phi) is 6.99. The van der Waals surface area contributed by atoms with Gasteiger partial charge in [0.2, 0.25) is 5.91 Å². The summed E-state index contributed by atoms with van der Waals surface area (Å²) >= 11 is 13.2. The second kappa shape index (κ2) is 9.45. The third kappa shape index (κ3) is 5.07. The molecule has 0 aliphatic rings. The van der Waals surface area contributed by atoms with E-state index in [1.807, 2.05) is 67.1 Å². The van der Waals surface area contributed by atoms with Crippen molar-refractivity contribution in [2.45, 2.75) is 24.5 Å². The number of aromatic nitrogens is 3. The Morgan fingerprint density at radius 3 is 2.29 bits per heavy atom. The van der Waals surface area contributed by atoms with Crippen molar-refractivity contribution < 1.29 is 4.79 Å². The largest absolute Gasteiger partial charge is 0.349 e. The van der Waals surface area contributed by atoms with Gasteiger partial charge in [0.05, 0.1) is 11.8 Å². The molecule has 1 N–H and O–H groups in total. The number of rotatable bonds is 7. The Hall–Kier alpha value is -2.02. The number of benzene rings is 2. The van der Waals surface area contributed by atoms with Gasteiger partial charge >= 0.3 is 0 Å². The van der Waals surface area contributed by atoms with Crippen LogP contribution in [0.1, 0.15) is 24.9 Å². The SMILES string of the molecule is CCC(NC(=O)CSc1nnc(-c2ccc(Cl)cc2)n1C)c1ccc(Cl)cc1. The molecule has 0 saturated carbocycles. The van der Waals surface area contributed by atoms with E-state index >= 15 is 0 Å². The lowest BCUT2D eigenvalue weighted by atomic mass is 10.0. The van der Waals surface area contributed by atoms with Crippen molar-refractivity contribution in [3.05, 3.63) is 64.1 Å². The van der Waals surface area contributed by atoms with Gasteiger partial charge in [0.1, 0.15) is 0 Å². The predicted octanol–water partition coefficient (Wildman–Crippen LogP) is 5.15. The van der Waals surface area contributed by atoms with Gasteiger partial charge in [0.15, 0.2) is 11.0 Å². The fraction of sp³-hybridized carbons (Fsp3) is 0.250. The van der Waals surface area contributed by atoms with Gasteiger partial charge in [-0.15, -0.1) is 10.2 Å². The van der Waals surface area contributed by atoms with Crippen LogP contribution in [0, 0.1) is 0 Å². The van der Waals surface area contributed by atoms with Crippen LogP contribution in [0.4, 0.5) is 0 Å². The molecule has 1 amide bonds. The Balaban J connectivity index is 1.61. The van der Waals surface area contributed by atoms with Crippen molar-refractivity contribution in [2.75, 3.05) is 5.75 Å². The molecule has 3 aromatic rings. The highest BCUT2D eigenvalue weighted by Crippen LogP contribution is 2.24. The summed E-state index contributed by atoms with van der Waals surface area (Å²) in [6.45, 7) is 2.04. The highest BCUT2D eigenvalue weighted by Gasteiger charge is 2.16. The standard InChI is InChI=1S/C20H20Cl2N4OS/c1-3-17(13-4-8-15(21)9-5-13)23-18(27)12-28-20-25-24-19(26(20)2)14-6-10-16(22)11-7-14/h4-11,17H,3,12H2,1-2H3,(H,23,27). The lowest BCUT2D eigenvalue weighted by Gasteiger charge is -2.17. The van der Waals surface area contributed by atoms with Crippen LogP contribution in [-0.4, -0.2) is 26.4 Å². The average molecular weight is 435 g/mol. The third-order valence-corrected chi connectivity index (χ3v) is 5.81. The van der Waals surface area contributed by atoms with Crippen molar-refractivity contribution in [3.8, 4) is 11.4 Å². The normalized spacial score (nSPS) is 12.0. The summed E-state index contributed by atoms with van der Waals surface area (Å²) in [5.74, 6) is 0.937. The molecule has 8 heteroatoms. The van der Waals surface area contributed by atoms with Crippen LogP contribution < -0.4 is 5.32 Å². The van der Waals surface area contributed by atoms with E-state index in [1.165, 1.54) is 11.8 Å². The summed E-state index contributed by atoms with van der Waals surface area (Å²) in [7, 11) is 1.88. The van der Waals surface area contributed by atoms with Gasteiger partial charge in [0, 0.05) is 22.7 Å². The first-order valence-corrected chi connectivity index (χ1v) is 10.5. The second-order valence-electron chi connectivity index (χ2n) is 6.24. The second-order valence-corrected chi connectivity index (χ2v) is 8.06. The Bertz CT molecular complexity index is 942. The molecule has 3 rings (SSSR count). The first-order chi connectivity index (χ1) is 13.5. The van der Waals surface area contributed by atoms with Gasteiger partial charge in [-0.1, -0.05) is 54.0 Å². The van der Waals surface area contributed by atoms with Gasteiger partial charge in [-0.2, -0.15) is 0 Å². The van der Waals surface area contributed by atoms with Crippen LogP contribution in [0.25, 0.3) is 11.4 Å².